The van der Waals surface area contributed by atoms with Gasteiger partial charge in [0.1, 0.15) is 13.2 Å². The summed E-state index contributed by atoms with van der Waals surface area (Å²) < 4.78 is 24.3. The summed E-state index contributed by atoms with van der Waals surface area (Å²) in [5.41, 5.74) is 5.93. The van der Waals surface area contributed by atoms with E-state index in [-0.39, 0.29) is 18.2 Å². The van der Waals surface area contributed by atoms with Gasteiger partial charge in [0.15, 0.2) is 34.6 Å². The highest BCUT2D eigenvalue weighted by molar-refractivity contribution is 6.32. The van der Waals surface area contributed by atoms with Crippen molar-refractivity contribution in [3.8, 4) is 23.0 Å². The molecule has 1 heterocycles. The van der Waals surface area contributed by atoms with E-state index in [1.165, 1.54) is 0 Å². The molecule has 7 nitrogen and oxygen atoms in total. The molecule has 0 fully saturated rings. The van der Waals surface area contributed by atoms with Gasteiger partial charge in [-0.1, -0.05) is 48.0 Å². The molecule has 8 heteroatoms. The van der Waals surface area contributed by atoms with Gasteiger partial charge in [-0.3, -0.25) is 9.59 Å². The van der Waals surface area contributed by atoms with Gasteiger partial charge in [-0.25, -0.2) is 0 Å². The Labute approximate surface area is 269 Å². The van der Waals surface area contributed by atoms with Gasteiger partial charge in [0.2, 0.25) is 0 Å². The van der Waals surface area contributed by atoms with Crippen molar-refractivity contribution in [3.63, 3.8) is 0 Å². The van der Waals surface area contributed by atoms with Crippen molar-refractivity contribution < 1.29 is 28.5 Å². The molecule has 234 valence electrons. The van der Waals surface area contributed by atoms with E-state index in [9.17, 15) is 9.59 Å². The number of rotatable bonds is 11. The monoisotopic (exact) mass is 627 g/mol. The Balaban J connectivity index is 1.28. The number of carbonyl (C=O) groups excluding carboxylic acids is 2. The number of dihydropyridines is 1. The summed E-state index contributed by atoms with van der Waals surface area (Å²) in [7, 11) is 0. The Morgan fingerprint density at radius 1 is 0.689 bits per heavy atom. The molecule has 0 radical (unpaired) electrons. The summed E-state index contributed by atoms with van der Waals surface area (Å²) in [5, 5.41) is 3.82. The standard InChI is InChI=1S/C37H38ClNO6/c1-3-42-32-18-24(16-17-31(32)44-21-23-10-6-5-7-11-23)22-45-37-26(38)19-25(20-33(37)43-4-2)34-35-27(12-8-14-29(35)40)39-28-13-9-15-30(41)36(28)34/h5-7,10-11,16-20,34,39H,3-4,8-9,12-15,21-22H2,1-2H3. The van der Waals surface area contributed by atoms with Crippen LogP contribution in [0, 0.1) is 0 Å². The highest BCUT2D eigenvalue weighted by atomic mass is 35.5. The molecule has 0 unspecified atom stereocenters. The number of ether oxygens (including phenoxy) is 4. The summed E-state index contributed by atoms with van der Waals surface area (Å²) in [6, 6.07) is 19.4. The molecule has 45 heavy (non-hydrogen) atoms. The van der Waals surface area contributed by atoms with Crippen LogP contribution in [0.4, 0.5) is 0 Å². The van der Waals surface area contributed by atoms with Crippen molar-refractivity contribution in [1.82, 2.24) is 5.32 Å². The fourth-order valence-electron chi connectivity index (χ4n) is 6.39. The number of nitrogens with one attached hydrogen (secondary N) is 1. The van der Waals surface area contributed by atoms with Crippen molar-refractivity contribution in [1.29, 1.82) is 0 Å². The normalized spacial score (nSPS) is 16.6. The first-order valence-electron chi connectivity index (χ1n) is 15.8. The minimum Gasteiger partial charge on any atom is -0.490 e. The van der Waals surface area contributed by atoms with Gasteiger partial charge in [-0.2, -0.15) is 0 Å². The largest absolute Gasteiger partial charge is 0.490 e. The third-order valence-electron chi connectivity index (χ3n) is 8.38. The highest BCUT2D eigenvalue weighted by Gasteiger charge is 2.40. The van der Waals surface area contributed by atoms with Crippen molar-refractivity contribution in [3.05, 3.63) is 105 Å². The van der Waals surface area contributed by atoms with Crippen LogP contribution in [-0.4, -0.2) is 24.8 Å². The number of benzene rings is 3. The number of allylic oxidation sites excluding steroid dienone is 4. The summed E-state index contributed by atoms with van der Waals surface area (Å²) >= 11 is 6.92. The zero-order valence-electron chi connectivity index (χ0n) is 25.7. The Bertz CT molecular complexity index is 1620. The molecule has 0 bridgehead atoms. The van der Waals surface area contributed by atoms with Crippen LogP contribution in [0.5, 0.6) is 23.0 Å². The average Bonchev–Trinajstić information content (AvgIpc) is 3.04. The zero-order valence-corrected chi connectivity index (χ0v) is 26.5. The molecular formula is C37H38ClNO6. The van der Waals surface area contributed by atoms with Crippen LogP contribution in [0.25, 0.3) is 0 Å². The molecule has 3 aliphatic rings. The third kappa shape index (κ3) is 6.59. The summed E-state index contributed by atoms with van der Waals surface area (Å²) in [4.78, 5) is 26.6. The first kappa shape index (κ1) is 30.8. The molecular weight excluding hydrogens is 590 g/mol. The van der Waals surface area contributed by atoms with E-state index < -0.39 is 5.92 Å². The van der Waals surface area contributed by atoms with Gasteiger partial charge < -0.3 is 24.3 Å². The number of hydrogen-bond donors (Lipinski definition) is 1. The van der Waals surface area contributed by atoms with Gasteiger partial charge in [-0.05, 0) is 80.5 Å². The van der Waals surface area contributed by atoms with E-state index in [0.29, 0.717) is 71.8 Å². The van der Waals surface area contributed by atoms with Crippen molar-refractivity contribution in [2.24, 2.45) is 0 Å². The minimum atomic E-state index is -0.472. The topological polar surface area (TPSA) is 83.1 Å². The minimum absolute atomic E-state index is 0.0781. The molecule has 6 rings (SSSR count). The molecule has 0 saturated heterocycles. The molecule has 0 spiro atoms. The number of Topliss-reactive ketones (excluding diaryl/α,β-unsaturated/α-hetero) is 2. The predicted molar refractivity (Wildman–Crippen MR) is 173 cm³/mol. The molecule has 1 aliphatic heterocycles. The average molecular weight is 628 g/mol. The van der Waals surface area contributed by atoms with E-state index in [1.54, 1.807) is 0 Å². The molecule has 0 saturated carbocycles. The maximum Gasteiger partial charge on any atom is 0.180 e. The highest BCUT2D eigenvalue weighted by Crippen LogP contribution is 2.48. The molecule has 3 aromatic carbocycles. The third-order valence-corrected chi connectivity index (χ3v) is 8.67. The zero-order chi connectivity index (χ0) is 31.3. The van der Waals surface area contributed by atoms with E-state index in [0.717, 1.165) is 53.8 Å². The fraction of sp³-hybridized carbons (Fsp3) is 0.351. The van der Waals surface area contributed by atoms with E-state index in [2.05, 4.69) is 5.32 Å². The van der Waals surface area contributed by atoms with Crippen LogP contribution in [0.1, 0.15) is 75.0 Å². The van der Waals surface area contributed by atoms with Gasteiger partial charge in [-0.15, -0.1) is 0 Å². The second kappa shape index (κ2) is 13.8. The summed E-state index contributed by atoms with van der Waals surface area (Å²) in [6.07, 6.45) is 4.13. The van der Waals surface area contributed by atoms with Crippen molar-refractivity contribution in [2.45, 2.75) is 71.5 Å². The van der Waals surface area contributed by atoms with Crippen molar-refractivity contribution in [2.75, 3.05) is 13.2 Å². The lowest BCUT2D eigenvalue weighted by Crippen LogP contribution is -2.36. The lowest BCUT2D eigenvalue weighted by molar-refractivity contribution is -0.117. The first-order chi connectivity index (χ1) is 22.0. The Kier molecular flexibility index (Phi) is 9.45. The van der Waals surface area contributed by atoms with E-state index in [4.69, 9.17) is 30.5 Å². The maximum atomic E-state index is 13.3. The van der Waals surface area contributed by atoms with Crippen LogP contribution < -0.4 is 24.3 Å². The van der Waals surface area contributed by atoms with Crippen molar-refractivity contribution >= 4 is 23.2 Å². The molecule has 0 atom stereocenters. The van der Waals surface area contributed by atoms with Crippen LogP contribution in [0.2, 0.25) is 5.02 Å². The van der Waals surface area contributed by atoms with E-state index >= 15 is 0 Å². The maximum absolute atomic E-state index is 13.3. The number of ketones is 2. The molecule has 0 aromatic heterocycles. The van der Waals surface area contributed by atoms with Crippen LogP contribution in [0.3, 0.4) is 0 Å². The molecule has 1 N–H and O–H groups in total. The second-order valence-corrected chi connectivity index (χ2v) is 11.8. The Hall–Kier alpha value is -4.23. The lowest BCUT2D eigenvalue weighted by Gasteiger charge is -2.37. The number of carbonyl (C=O) groups is 2. The SMILES string of the molecule is CCOc1cc(COc2c(Cl)cc(C3C4=C(CCCC4=O)NC4=C3C(=O)CCC4)cc2OCC)ccc1OCc1ccccc1. The van der Waals surface area contributed by atoms with Crippen LogP contribution >= 0.6 is 11.6 Å². The smallest absolute Gasteiger partial charge is 0.180 e. The molecule has 2 aliphatic carbocycles. The van der Waals surface area contributed by atoms with Gasteiger partial charge >= 0.3 is 0 Å². The van der Waals surface area contributed by atoms with Gasteiger partial charge in [0, 0.05) is 41.3 Å². The van der Waals surface area contributed by atoms with Gasteiger partial charge in [0.25, 0.3) is 0 Å². The van der Waals surface area contributed by atoms with Crippen LogP contribution in [-0.2, 0) is 22.8 Å². The fourth-order valence-corrected chi connectivity index (χ4v) is 6.67. The van der Waals surface area contributed by atoms with Crippen LogP contribution in [0.15, 0.2) is 83.2 Å². The number of halogens is 1. The Morgan fingerprint density at radius 3 is 2.00 bits per heavy atom. The summed E-state index contributed by atoms with van der Waals surface area (Å²) in [5.74, 6) is 1.85. The summed E-state index contributed by atoms with van der Waals surface area (Å²) in [6.45, 7) is 5.36. The lowest BCUT2D eigenvalue weighted by atomic mass is 9.71. The molecule has 3 aromatic rings. The van der Waals surface area contributed by atoms with Gasteiger partial charge in [0.05, 0.1) is 18.2 Å². The Morgan fingerprint density at radius 2 is 1.33 bits per heavy atom. The number of hydrogen-bond acceptors (Lipinski definition) is 7. The van der Waals surface area contributed by atoms with E-state index in [1.807, 2.05) is 74.5 Å². The molecule has 0 amide bonds. The quantitative estimate of drug-likeness (QED) is 0.231. The first-order valence-corrected chi connectivity index (χ1v) is 16.2. The second-order valence-electron chi connectivity index (χ2n) is 11.4. The predicted octanol–water partition coefficient (Wildman–Crippen LogP) is 8.00.